The topological polar surface area (TPSA) is 78.2 Å². The summed E-state index contributed by atoms with van der Waals surface area (Å²) in [5, 5.41) is 20.9. The van der Waals surface area contributed by atoms with Gasteiger partial charge in [-0.2, -0.15) is 0 Å². The average molecular weight is 532 g/mol. The fraction of sp³-hybridized carbons (Fsp3) is 0.531. The molecule has 2 N–H and O–H groups in total. The molecule has 1 saturated carbocycles. The molecule has 0 atom stereocenters. The Morgan fingerprint density at radius 1 is 0.974 bits per heavy atom. The number of likely N-dealkylation sites (tertiary alicyclic amines) is 1. The van der Waals surface area contributed by atoms with E-state index in [0.717, 1.165) is 61.5 Å². The number of aliphatic hydroxyl groups excluding tert-OH is 1. The van der Waals surface area contributed by atoms with E-state index >= 15 is 0 Å². The first-order valence-electron chi connectivity index (χ1n) is 14.9. The standard InChI is InChI=1S/C32H41N3O4/c36-20-18-34(17-16-33-14-5-2-6-15-33)27-11-7-10-26-30-29(23-8-3-1-4-9-23)25-13-12-24(32(37)38)22-28(25)35(30)19-21-39-31(26)27/h7,10-13,22-23,36H,1-6,8-9,14-21H2,(H,37,38). The highest BCUT2D eigenvalue weighted by atomic mass is 16.5. The maximum Gasteiger partial charge on any atom is 0.335 e. The minimum Gasteiger partial charge on any atom is -0.489 e. The van der Waals surface area contributed by atoms with Crippen LogP contribution < -0.4 is 9.64 Å². The highest BCUT2D eigenvalue weighted by Gasteiger charge is 2.31. The SMILES string of the molecule is O=C(O)c1ccc2c(C3CCCCC3)c3n(c2c1)CCOc1c-3cccc1N(CCO)CCN1CCCCC1. The van der Waals surface area contributed by atoms with Crippen molar-refractivity contribution in [2.45, 2.75) is 63.8 Å². The van der Waals surface area contributed by atoms with Gasteiger partial charge < -0.3 is 29.3 Å². The second-order valence-corrected chi connectivity index (χ2v) is 11.4. The number of benzene rings is 2. The minimum absolute atomic E-state index is 0.0925. The van der Waals surface area contributed by atoms with Crippen molar-refractivity contribution in [1.82, 2.24) is 9.47 Å². The molecule has 0 radical (unpaired) electrons. The fourth-order valence-electron chi connectivity index (χ4n) is 7.11. The van der Waals surface area contributed by atoms with Gasteiger partial charge in [0, 0.05) is 36.1 Å². The Balaban J connectivity index is 1.47. The highest BCUT2D eigenvalue weighted by Crippen LogP contribution is 2.49. The number of hydrogen-bond donors (Lipinski definition) is 2. The molecule has 3 heterocycles. The van der Waals surface area contributed by atoms with Crippen molar-refractivity contribution >= 4 is 22.6 Å². The number of aromatic nitrogens is 1. The zero-order valence-electron chi connectivity index (χ0n) is 22.9. The van der Waals surface area contributed by atoms with E-state index in [0.29, 0.717) is 31.2 Å². The van der Waals surface area contributed by atoms with Crippen LogP contribution in [0.3, 0.4) is 0 Å². The van der Waals surface area contributed by atoms with E-state index < -0.39 is 5.97 Å². The van der Waals surface area contributed by atoms with Crippen LogP contribution in [-0.4, -0.2) is 71.6 Å². The maximum atomic E-state index is 11.9. The minimum atomic E-state index is -0.896. The van der Waals surface area contributed by atoms with Crippen LogP contribution in [0.4, 0.5) is 5.69 Å². The number of fused-ring (bicyclic) bond motifs is 5. The van der Waals surface area contributed by atoms with Crippen LogP contribution >= 0.6 is 0 Å². The van der Waals surface area contributed by atoms with Crippen LogP contribution in [0.5, 0.6) is 5.75 Å². The van der Waals surface area contributed by atoms with Gasteiger partial charge in [0.15, 0.2) is 5.75 Å². The molecule has 1 aromatic heterocycles. The molecule has 3 aliphatic rings. The summed E-state index contributed by atoms with van der Waals surface area (Å²) in [4.78, 5) is 16.7. The highest BCUT2D eigenvalue weighted by molar-refractivity contribution is 5.99. The zero-order chi connectivity index (χ0) is 26.8. The molecule has 6 rings (SSSR count). The lowest BCUT2D eigenvalue weighted by molar-refractivity contribution is 0.0697. The molecule has 0 bridgehead atoms. The van der Waals surface area contributed by atoms with Gasteiger partial charge in [-0.15, -0.1) is 0 Å². The molecule has 3 aromatic rings. The predicted molar refractivity (Wildman–Crippen MR) is 155 cm³/mol. The molecular formula is C32H41N3O4. The summed E-state index contributed by atoms with van der Waals surface area (Å²) in [7, 11) is 0. The van der Waals surface area contributed by atoms with Gasteiger partial charge in [-0.05, 0) is 74.5 Å². The number of aliphatic hydroxyl groups is 1. The van der Waals surface area contributed by atoms with Crippen LogP contribution in [0.25, 0.3) is 22.2 Å². The number of nitrogens with zero attached hydrogens (tertiary/aromatic N) is 3. The molecule has 2 aliphatic heterocycles. The molecule has 1 aliphatic carbocycles. The van der Waals surface area contributed by atoms with Gasteiger partial charge in [0.1, 0.15) is 6.61 Å². The normalized spacial score (nSPS) is 18.3. The summed E-state index contributed by atoms with van der Waals surface area (Å²) in [6.45, 7) is 5.98. The Kier molecular flexibility index (Phi) is 7.80. The number of aromatic carboxylic acids is 1. The molecule has 0 unspecified atom stereocenters. The molecule has 7 heteroatoms. The Morgan fingerprint density at radius 2 is 1.77 bits per heavy atom. The summed E-state index contributed by atoms with van der Waals surface area (Å²) in [5.41, 5.74) is 5.98. The van der Waals surface area contributed by atoms with Gasteiger partial charge in [-0.1, -0.05) is 37.8 Å². The molecule has 2 fully saturated rings. The lowest BCUT2D eigenvalue weighted by Gasteiger charge is -2.32. The third-order valence-corrected chi connectivity index (χ3v) is 9.02. The van der Waals surface area contributed by atoms with Crippen molar-refractivity contribution < 1.29 is 19.7 Å². The van der Waals surface area contributed by atoms with Crippen LogP contribution in [0, 0.1) is 0 Å². The molecular weight excluding hydrogens is 490 g/mol. The average Bonchev–Trinajstić information content (AvgIpc) is 3.16. The van der Waals surface area contributed by atoms with E-state index in [-0.39, 0.29) is 6.61 Å². The molecule has 0 spiro atoms. The zero-order valence-corrected chi connectivity index (χ0v) is 22.9. The van der Waals surface area contributed by atoms with E-state index in [2.05, 4.69) is 32.6 Å². The van der Waals surface area contributed by atoms with E-state index in [1.54, 1.807) is 6.07 Å². The number of rotatable bonds is 8. The number of ether oxygens (including phenoxy) is 1. The van der Waals surface area contributed by atoms with E-state index in [1.165, 1.54) is 55.2 Å². The Labute approximate surface area is 231 Å². The smallest absolute Gasteiger partial charge is 0.335 e. The molecule has 7 nitrogen and oxygen atoms in total. The number of piperidine rings is 1. The Bertz CT molecular complexity index is 1320. The third-order valence-electron chi connectivity index (χ3n) is 9.02. The summed E-state index contributed by atoms with van der Waals surface area (Å²) >= 11 is 0. The second kappa shape index (κ2) is 11.6. The largest absolute Gasteiger partial charge is 0.489 e. The lowest BCUT2D eigenvalue weighted by atomic mass is 9.81. The number of anilines is 1. The number of para-hydroxylation sites is 1. The number of carbonyl (C=O) groups is 1. The van der Waals surface area contributed by atoms with Crippen molar-refractivity contribution in [3.05, 3.63) is 47.5 Å². The van der Waals surface area contributed by atoms with E-state index in [9.17, 15) is 15.0 Å². The van der Waals surface area contributed by atoms with Gasteiger partial charge in [-0.3, -0.25) is 0 Å². The molecule has 208 valence electrons. The van der Waals surface area contributed by atoms with Crippen molar-refractivity contribution in [2.24, 2.45) is 0 Å². The van der Waals surface area contributed by atoms with E-state index in [4.69, 9.17) is 4.74 Å². The summed E-state index contributed by atoms with van der Waals surface area (Å²) < 4.78 is 8.85. The van der Waals surface area contributed by atoms with E-state index in [1.807, 2.05) is 12.1 Å². The first kappa shape index (κ1) is 26.2. The molecule has 39 heavy (non-hydrogen) atoms. The summed E-state index contributed by atoms with van der Waals surface area (Å²) in [5.74, 6) is 0.449. The Hall–Kier alpha value is -3.03. The van der Waals surface area contributed by atoms with Crippen LogP contribution in [-0.2, 0) is 6.54 Å². The van der Waals surface area contributed by atoms with Gasteiger partial charge in [0.05, 0.1) is 30.1 Å². The quantitative estimate of drug-likeness (QED) is 0.387. The Morgan fingerprint density at radius 3 is 2.54 bits per heavy atom. The van der Waals surface area contributed by atoms with Crippen LogP contribution in [0.15, 0.2) is 36.4 Å². The molecule has 0 amide bonds. The first-order chi connectivity index (χ1) is 19.2. The van der Waals surface area contributed by atoms with Crippen LogP contribution in [0.1, 0.15) is 73.2 Å². The predicted octanol–water partition coefficient (Wildman–Crippen LogP) is 5.73. The fourth-order valence-corrected chi connectivity index (χ4v) is 7.11. The van der Waals surface area contributed by atoms with Gasteiger partial charge in [-0.25, -0.2) is 4.79 Å². The maximum absolute atomic E-state index is 11.9. The van der Waals surface area contributed by atoms with Crippen molar-refractivity contribution in [3.63, 3.8) is 0 Å². The third kappa shape index (κ3) is 5.14. The molecule has 2 aromatic carbocycles. The summed E-state index contributed by atoms with van der Waals surface area (Å²) in [6, 6.07) is 12.1. The monoisotopic (exact) mass is 531 g/mol. The van der Waals surface area contributed by atoms with Crippen LogP contribution in [0.2, 0.25) is 0 Å². The first-order valence-corrected chi connectivity index (χ1v) is 14.9. The van der Waals surface area contributed by atoms with Crippen molar-refractivity contribution in [3.8, 4) is 17.0 Å². The van der Waals surface area contributed by atoms with Gasteiger partial charge >= 0.3 is 5.97 Å². The second-order valence-electron chi connectivity index (χ2n) is 11.4. The lowest BCUT2D eigenvalue weighted by Crippen LogP contribution is -2.39. The number of carboxylic acids is 1. The van der Waals surface area contributed by atoms with Gasteiger partial charge in [0.25, 0.3) is 0 Å². The van der Waals surface area contributed by atoms with Crippen molar-refractivity contribution in [2.75, 3.05) is 50.8 Å². The van der Waals surface area contributed by atoms with Crippen molar-refractivity contribution in [1.29, 1.82) is 0 Å². The molecule has 1 saturated heterocycles. The van der Waals surface area contributed by atoms with Gasteiger partial charge in [0.2, 0.25) is 0 Å². The number of carboxylic acid groups (broad SMARTS) is 1. The summed E-state index contributed by atoms with van der Waals surface area (Å²) in [6.07, 6.45) is 9.92. The number of hydrogen-bond acceptors (Lipinski definition) is 5.